The van der Waals surface area contributed by atoms with Crippen molar-refractivity contribution in [1.82, 2.24) is 0 Å². The van der Waals surface area contributed by atoms with Crippen LogP contribution in [-0.2, 0) is 0 Å². The number of phenols is 1. The maximum absolute atomic E-state index is 12.1. The molecule has 4 nitrogen and oxygen atoms in total. The summed E-state index contributed by atoms with van der Waals surface area (Å²) in [6.45, 7) is 0.0886. The van der Waals surface area contributed by atoms with Gasteiger partial charge in [-0.2, -0.15) is 5.26 Å². The van der Waals surface area contributed by atoms with Crippen molar-refractivity contribution < 1.29 is 14.6 Å². The van der Waals surface area contributed by atoms with Gasteiger partial charge in [-0.15, -0.1) is 6.42 Å². The van der Waals surface area contributed by atoms with Gasteiger partial charge in [0, 0.05) is 6.07 Å². The first-order valence-electron chi connectivity index (χ1n) is 6.76. The van der Waals surface area contributed by atoms with Crippen LogP contribution in [0.2, 0.25) is 0 Å². The van der Waals surface area contributed by atoms with Crippen LogP contribution in [0.1, 0.15) is 21.5 Å². The molecule has 0 heterocycles. The van der Waals surface area contributed by atoms with Crippen LogP contribution in [-0.4, -0.2) is 17.5 Å². The van der Waals surface area contributed by atoms with E-state index in [1.165, 1.54) is 18.2 Å². The second kappa shape index (κ2) is 7.49. The zero-order valence-electron chi connectivity index (χ0n) is 12.2. The molecule has 0 radical (unpaired) electrons. The molecule has 0 saturated heterocycles. The van der Waals surface area contributed by atoms with Crippen molar-refractivity contribution in [3.63, 3.8) is 0 Å². The van der Waals surface area contributed by atoms with Gasteiger partial charge in [-0.05, 0) is 35.9 Å². The molecular formula is C19H13NO3. The average molecular weight is 303 g/mol. The van der Waals surface area contributed by atoms with Gasteiger partial charge in [0.1, 0.15) is 18.1 Å². The lowest BCUT2D eigenvalue weighted by Crippen LogP contribution is -1.97. The van der Waals surface area contributed by atoms with Crippen molar-refractivity contribution in [1.29, 1.82) is 5.26 Å². The van der Waals surface area contributed by atoms with Crippen LogP contribution in [0.4, 0.5) is 0 Å². The fourth-order valence-electron chi connectivity index (χ4n) is 1.87. The van der Waals surface area contributed by atoms with E-state index >= 15 is 0 Å². The molecule has 2 aromatic carbocycles. The molecule has 0 bridgehead atoms. The van der Waals surface area contributed by atoms with Gasteiger partial charge in [0.05, 0.1) is 17.2 Å². The Morgan fingerprint density at radius 1 is 1.26 bits per heavy atom. The standard InChI is InChI=1S/C19H13NO3/c1-2-11-23-16-8-9-17(19(22)12-16)18(21)10-7-14-3-5-15(13-20)6-4-14/h1,3-10,12,22H,11H2. The first-order chi connectivity index (χ1) is 11.1. The lowest BCUT2D eigenvalue weighted by Gasteiger charge is -2.05. The number of ketones is 1. The zero-order chi connectivity index (χ0) is 16.7. The Hall–Kier alpha value is -3.50. The predicted molar refractivity (Wildman–Crippen MR) is 87.0 cm³/mol. The molecule has 1 N–H and O–H groups in total. The number of benzene rings is 2. The number of rotatable bonds is 5. The number of phenolic OH excluding ortho intramolecular Hbond substituents is 1. The van der Waals surface area contributed by atoms with Crippen molar-refractivity contribution in [3.8, 4) is 29.9 Å². The van der Waals surface area contributed by atoms with E-state index in [2.05, 4.69) is 5.92 Å². The molecule has 0 atom stereocenters. The van der Waals surface area contributed by atoms with Gasteiger partial charge in [0.2, 0.25) is 0 Å². The Balaban J connectivity index is 2.12. The van der Waals surface area contributed by atoms with Gasteiger partial charge in [0.15, 0.2) is 5.78 Å². The summed E-state index contributed by atoms with van der Waals surface area (Å²) in [4.78, 5) is 12.1. The van der Waals surface area contributed by atoms with Gasteiger partial charge < -0.3 is 9.84 Å². The van der Waals surface area contributed by atoms with Crippen molar-refractivity contribution in [2.24, 2.45) is 0 Å². The Bertz CT molecular complexity index is 821. The number of hydrogen-bond acceptors (Lipinski definition) is 4. The summed E-state index contributed by atoms with van der Waals surface area (Å²) in [5.74, 6) is 2.20. The third-order valence-corrected chi connectivity index (χ3v) is 3.02. The fraction of sp³-hybridized carbons (Fsp3) is 0.0526. The van der Waals surface area contributed by atoms with Crippen LogP contribution in [0.15, 0.2) is 48.5 Å². The van der Waals surface area contributed by atoms with E-state index < -0.39 is 0 Å². The molecule has 2 rings (SSSR count). The Kier molecular flexibility index (Phi) is 5.17. The molecule has 0 unspecified atom stereocenters. The molecule has 0 aliphatic heterocycles. The molecule has 0 saturated carbocycles. The predicted octanol–water partition coefficient (Wildman–Crippen LogP) is 3.17. The van der Waals surface area contributed by atoms with E-state index in [1.54, 1.807) is 36.4 Å². The second-order valence-corrected chi connectivity index (χ2v) is 4.60. The number of nitriles is 1. The van der Waals surface area contributed by atoms with E-state index in [9.17, 15) is 9.90 Å². The van der Waals surface area contributed by atoms with E-state index in [1.807, 2.05) is 6.07 Å². The van der Waals surface area contributed by atoms with Crippen LogP contribution >= 0.6 is 0 Å². The number of ether oxygens (including phenoxy) is 1. The fourth-order valence-corrected chi connectivity index (χ4v) is 1.87. The zero-order valence-corrected chi connectivity index (χ0v) is 12.2. The SMILES string of the molecule is C#CCOc1ccc(C(=O)C=Cc2ccc(C#N)cc2)c(O)c1. The van der Waals surface area contributed by atoms with Gasteiger partial charge in [-0.1, -0.05) is 24.1 Å². The highest BCUT2D eigenvalue weighted by Crippen LogP contribution is 2.24. The lowest BCUT2D eigenvalue weighted by atomic mass is 10.1. The Morgan fingerprint density at radius 2 is 2.00 bits per heavy atom. The van der Waals surface area contributed by atoms with Crippen molar-refractivity contribution in [2.75, 3.05) is 6.61 Å². The maximum Gasteiger partial charge on any atom is 0.189 e. The highest BCUT2D eigenvalue weighted by Gasteiger charge is 2.09. The van der Waals surface area contributed by atoms with Crippen molar-refractivity contribution in [2.45, 2.75) is 0 Å². The molecule has 0 fully saturated rings. The van der Waals surface area contributed by atoms with E-state index in [0.29, 0.717) is 11.3 Å². The van der Waals surface area contributed by atoms with Crippen molar-refractivity contribution in [3.05, 3.63) is 65.2 Å². The molecule has 4 heteroatoms. The van der Waals surface area contributed by atoms with Crippen LogP contribution in [0.3, 0.4) is 0 Å². The molecule has 112 valence electrons. The summed E-state index contributed by atoms with van der Waals surface area (Å²) in [7, 11) is 0. The number of allylic oxidation sites excluding steroid dienone is 1. The van der Waals surface area contributed by atoms with Gasteiger partial charge in [0.25, 0.3) is 0 Å². The molecular weight excluding hydrogens is 290 g/mol. The van der Waals surface area contributed by atoms with Crippen LogP contribution in [0.25, 0.3) is 6.08 Å². The maximum atomic E-state index is 12.1. The normalized spacial score (nSPS) is 10.0. The topological polar surface area (TPSA) is 70.3 Å². The molecule has 0 aromatic heterocycles. The lowest BCUT2D eigenvalue weighted by molar-refractivity contribution is 0.104. The second-order valence-electron chi connectivity index (χ2n) is 4.60. The minimum Gasteiger partial charge on any atom is -0.507 e. The summed E-state index contributed by atoms with van der Waals surface area (Å²) in [5, 5.41) is 18.6. The number of carbonyl (C=O) groups excluding carboxylic acids is 1. The van der Waals surface area contributed by atoms with E-state index in [4.69, 9.17) is 16.4 Å². The van der Waals surface area contributed by atoms with Gasteiger partial charge in [-0.25, -0.2) is 0 Å². The quantitative estimate of drug-likeness (QED) is 0.523. The Morgan fingerprint density at radius 3 is 2.61 bits per heavy atom. The minimum atomic E-state index is -0.338. The highest BCUT2D eigenvalue weighted by molar-refractivity contribution is 6.08. The molecule has 0 aliphatic carbocycles. The summed E-state index contributed by atoms with van der Waals surface area (Å²) in [6.07, 6.45) is 8.06. The summed E-state index contributed by atoms with van der Waals surface area (Å²) in [5.41, 5.74) is 1.50. The summed E-state index contributed by atoms with van der Waals surface area (Å²) >= 11 is 0. The van der Waals surface area contributed by atoms with Gasteiger partial charge >= 0.3 is 0 Å². The number of terminal acetylenes is 1. The molecule has 23 heavy (non-hydrogen) atoms. The van der Waals surface area contributed by atoms with Crippen LogP contribution in [0, 0.1) is 23.7 Å². The number of hydrogen-bond donors (Lipinski definition) is 1. The first kappa shape index (κ1) is 15.9. The smallest absolute Gasteiger partial charge is 0.189 e. The third-order valence-electron chi connectivity index (χ3n) is 3.02. The van der Waals surface area contributed by atoms with Crippen LogP contribution < -0.4 is 4.74 Å². The van der Waals surface area contributed by atoms with Crippen molar-refractivity contribution >= 4 is 11.9 Å². The summed E-state index contributed by atoms with van der Waals surface area (Å²) in [6, 6.07) is 13.2. The highest BCUT2D eigenvalue weighted by atomic mass is 16.5. The van der Waals surface area contributed by atoms with E-state index in [-0.39, 0.29) is 23.7 Å². The molecule has 2 aromatic rings. The molecule has 0 amide bonds. The molecule has 0 spiro atoms. The number of nitrogens with zero attached hydrogens (tertiary/aromatic N) is 1. The average Bonchev–Trinajstić information content (AvgIpc) is 2.58. The largest absolute Gasteiger partial charge is 0.507 e. The summed E-state index contributed by atoms with van der Waals surface area (Å²) < 4.78 is 5.17. The Labute approximate surface area is 134 Å². The third kappa shape index (κ3) is 4.23. The number of aromatic hydroxyl groups is 1. The first-order valence-corrected chi connectivity index (χ1v) is 6.76. The monoisotopic (exact) mass is 303 g/mol. The van der Waals surface area contributed by atoms with E-state index in [0.717, 1.165) is 5.56 Å². The number of carbonyl (C=O) groups is 1. The van der Waals surface area contributed by atoms with Gasteiger partial charge in [-0.3, -0.25) is 4.79 Å². The minimum absolute atomic E-state index is 0.0886. The van der Waals surface area contributed by atoms with Crippen LogP contribution in [0.5, 0.6) is 11.5 Å². The molecule has 0 aliphatic rings.